The van der Waals surface area contributed by atoms with Gasteiger partial charge in [-0.05, 0) is 32.0 Å². The van der Waals surface area contributed by atoms with Gasteiger partial charge < -0.3 is 14.2 Å². The average Bonchev–Trinajstić information content (AvgIpc) is 3.05. The molecule has 0 bridgehead atoms. The Balaban J connectivity index is 1.79. The van der Waals surface area contributed by atoms with E-state index in [-0.39, 0.29) is 17.6 Å². The molecule has 6 nitrogen and oxygen atoms in total. The molecule has 0 saturated heterocycles. The van der Waals surface area contributed by atoms with Gasteiger partial charge in [0, 0.05) is 18.0 Å². The molecule has 124 valence electrons. The third kappa shape index (κ3) is 2.40. The van der Waals surface area contributed by atoms with E-state index in [1.807, 2.05) is 13.8 Å². The highest BCUT2D eigenvalue weighted by atomic mass is 19.3. The van der Waals surface area contributed by atoms with Crippen LogP contribution in [-0.4, -0.2) is 26.8 Å². The summed E-state index contributed by atoms with van der Waals surface area (Å²) in [6, 6.07) is 4.59. The standard InChI is InChI=1S/C16H13F2N3O3/c1-9(2)22-15-14-20-8-11(21(14)6-5-19-15)10-3-4-12-13(7-10)24-16(17,18)23-12/h3-9H,1-2H3. The first kappa shape index (κ1) is 14.7. The molecule has 0 saturated carbocycles. The van der Waals surface area contributed by atoms with E-state index in [4.69, 9.17) is 4.74 Å². The number of ether oxygens (including phenoxy) is 3. The lowest BCUT2D eigenvalue weighted by atomic mass is 10.1. The van der Waals surface area contributed by atoms with Crippen LogP contribution in [-0.2, 0) is 0 Å². The molecule has 0 atom stereocenters. The number of benzene rings is 1. The van der Waals surface area contributed by atoms with Crippen LogP contribution in [0.4, 0.5) is 8.78 Å². The van der Waals surface area contributed by atoms with Gasteiger partial charge in [0.15, 0.2) is 11.5 Å². The van der Waals surface area contributed by atoms with E-state index in [2.05, 4.69) is 19.4 Å². The Hall–Kier alpha value is -2.90. The first-order valence-electron chi connectivity index (χ1n) is 7.32. The number of rotatable bonds is 3. The van der Waals surface area contributed by atoms with E-state index >= 15 is 0 Å². The molecule has 2 aromatic heterocycles. The second kappa shape index (κ2) is 5.05. The summed E-state index contributed by atoms with van der Waals surface area (Å²) in [5, 5.41) is 0. The van der Waals surface area contributed by atoms with E-state index in [0.29, 0.717) is 22.8 Å². The minimum atomic E-state index is -3.64. The van der Waals surface area contributed by atoms with E-state index in [1.165, 1.54) is 12.1 Å². The second-order valence-corrected chi connectivity index (χ2v) is 5.57. The van der Waals surface area contributed by atoms with Gasteiger partial charge in [-0.1, -0.05) is 0 Å². The molecule has 0 N–H and O–H groups in total. The van der Waals surface area contributed by atoms with E-state index in [0.717, 1.165) is 0 Å². The van der Waals surface area contributed by atoms with Crippen LogP contribution in [0.1, 0.15) is 13.8 Å². The normalized spacial score (nSPS) is 15.2. The summed E-state index contributed by atoms with van der Waals surface area (Å²) in [6.45, 7) is 3.79. The second-order valence-electron chi connectivity index (χ2n) is 5.57. The van der Waals surface area contributed by atoms with Crippen molar-refractivity contribution in [3.63, 3.8) is 0 Å². The van der Waals surface area contributed by atoms with E-state index in [9.17, 15) is 8.78 Å². The number of fused-ring (bicyclic) bond motifs is 2. The number of hydrogen-bond acceptors (Lipinski definition) is 5. The highest BCUT2D eigenvalue weighted by Gasteiger charge is 2.43. The van der Waals surface area contributed by atoms with Crippen molar-refractivity contribution in [2.75, 3.05) is 0 Å². The molecule has 0 spiro atoms. The number of hydrogen-bond donors (Lipinski definition) is 0. The van der Waals surface area contributed by atoms with Crippen molar-refractivity contribution in [3.8, 4) is 28.6 Å². The Bertz CT molecular complexity index is 924. The lowest BCUT2D eigenvalue weighted by molar-refractivity contribution is -0.286. The molecule has 24 heavy (non-hydrogen) atoms. The van der Waals surface area contributed by atoms with Crippen molar-refractivity contribution in [1.82, 2.24) is 14.4 Å². The van der Waals surface area contributed by atoms with Crippen LogP contribution in [0, 0.1) is 0 Å². The summed E-state index contributed by atoms with van der Waals surface area (Å²) in [6.07, 6.45) is 1.26. The van der Waals surface area contributed by atoms with Crippen LogP contribution in [0.5, 0.6) is 17.4 Å². The van der Waals surface area contributed by atoms with Crippen LogP contribution < -0.4 is 14.2 Å². The molecule has 0 amide bonds. The molecular formula is C16H13F2N3O3. The molecule has 1 aromatic carbocycles. The maximum Gasteiger partial charge on any atom is 0.586 e. The topological polar surface area (TPSA) is 57.9 Å². The maximum atomic E-state index is 13.2. The quantitative estimate of drug-likeness (QED) is 0.734. The van der Waals surface area contributed by atoms with Gasteiger partial charge in [0.25, 0.3) is 5.88 Å². The Morgan fingerprint density at radius 3 is 2.75 bits per heavy atom. The summed E-state index contributed by atoms with van der Waals surface area (Å²) >= 11 is 0. The summed E-state index contributed by atoms with van der Waals surface area (Å²) < 4.78 is 42.6. The molecular weight excluding hydrogens is 320 g/mol. The summed E-state index contributed by atoms with van der Waals surface area (Å²) in [5.74, 6) is 0.397. The Kier molecular flexibility index (Phi) is 3.09. The Morgan fingerprint density at radius 2 is 1.96 bits per heavy atom. The van der Waals surface area contributed by atoms with Crippen LogP contribution in [0.25, 0.3) is 16.9 Å². The Morgan fingerprint density at radius 1 is 1.17 bits per heavy atom. The summed E-state index contributed by atoms with van der Waals surface area (Å²) in [5.41, 5.74) is 1.90. The fourth-order valence-corrected chi connectivity index (χ4v) is 2.52. The smallest absolute Gasteiger partial charge is 0.472 e. The molecule has 1 aliphatic heterocycles. The highest BCUT2D eigenvalue weighted by Crippen LogP contribution is 2.43. The first-order valence-corrected chi connectivity index (χ1v) is 7.32. The van der Waals surface area contributed by atoms with Gasteiger partial charge in [-0.3, -0.25) is 4.40 Å². The zero-order chi connectivity index (χ0) is 16.9. The van der Waals surface area contributed by atoms with E-state index in [1.54, 1.807) is 29.1 Å². The van der Waals surface area contributed by atoms with Crippen LogP contribution in [0.3, 0.4) is 0 Å². The van der Waals surface area contributed by atoms with Gasteiger partial charge in [0.1, 0.15) is 0 Å². The molecule has 3 aromatic rings. The minimum absolute atomic E-state index is 0.00284. The van der Waals surface area contributed by atoms with Crippen LogP contribution in [0.2, 0.25) is 0 Å². The third-order valence-electron chi connectivity index (χ3n) is 3.44. The van der Waals surface area contributed by atoms with Gasteiger partial charge in [0.05, 0.1) is 18.0 Å². The van der Waals surface area contributed by atoms with Crippen molar-refractivity contribution in [1.29, 1.82) is 0 Å². The third-order valence-corrected chi connectivity index (χ3v) is 3.44. The van der Waals surface area contributed by atoms with Gasteiger partial charge in [-0.15, -0.1) is 8.78 Å². The average molecular weight is 333 g/mol. The molecule has 4 rings (SSSR count). The number of imidazole rings is 1. The largest absolute Gasteiger partial charge is 0.586 e. The van der Waals surface area contributed by atoms with Gasteiger partial charge in [-0.25, -0.2) is 9.97 Å². The van der Waals surface area contributed by atoms with Gasteiger partial charge in [0.2, 0.25) is 5.65 Å². The maximum absolute atomic E-state index is 13.2. The predicted molar refractivity (Wildman–Crippen MR) is 80.4 cm³/mol. The molecule has 0 unspecified atom stereocenters. The lowest BCUT2D eigenvalue weighted by Gasteiger charge is -2.09. The molecule has 1 aliphatic rings. The van der Waals surface area contributed by atoms with Crippen LogP contribution >= 0.6 is 0 Å². The molecule has 0 fully saturated rings. The number of alkyl halides is 2. The monoisotopic (exact) mass is 333 g/mol. The fraction of sp³-hybridized carbons (Fsp3) is 0.250. The highest BCUT2D eigenvalue weighted by molar-refractivity contribution is 5.68. The fourth-order valence-electron chi connectivity index (χ4n) is 2.52. The van der Waals surface area contributed by atoms with Crippen molar-refractivity contribution in [2.45, 2.75) is 26.2 Å². The lowest BCUT2D eigenvalue weighted by Crippen LogP contribution is -2.25. The molecule has 3 heterocycles. The van der Waals surface area contributed by atoms with Crippen molar-refractivity contribution in [2.24, 2.45) is 0 Å². The first-order chi connectivity index (χ1) is 11.4. The van der Waals surface area contributed by atoms with Gasteiger partial charge in [-0.2, -0.15) is 0 Å². The predicted octanol–water partition coefficient (Wildman–Crippen LogP) is 3.51. The molecule has 0 radical (unpaired) electrons. The zero-order valence-corrected chi connectivity index (χ0v) is 12.9. The van der Waals surface area contributed by atoms with Crippen molar-refractivity contribution >= 4 is 5.65 Å². The summed E-state index contributed by atoms with van der Waals surface area (Å²) in [4.78, 5) is 8.51. The number of aromatic nitrogens is 3. The van der Waals surface area contributed by atoms with Crippen molar-refractivity contribution < 1.29 is 23.0 Å². The van der Waals surface area contributed by atoms with Gasteiger partial charge >= 0.3 is 6.29 Å². The zero-order valence-electron chi connectivity index (χ0n) is 12.9. The molecule has 8 heteroatoms. The van der Waals surface area contributed by atoms with E-state index < -0.39 is 6.29 Å². The summed E-state index contributed by atoms with van der Waals surface area (Å²) in [7, 11) is 0. The number of halogens is 2. The number of nitrogens with zero attached hydrogens (tertiary/aromatic N) is 3. The van der Waals surface area contributed by atoms with Crippen LogP contribution in [0.15, 0.2) is 36.8 Å². The Labute approximate surface area is 135 Å². The minimum Gasteiger partial charge on any atom is -0.472 e. The SMILES string of the molecule is CC(C)Oc1nccn2c(-c3ccc4c(c3)OC(F)(F)O4)cnc12. The molecule has 0 aliphatic carbocycles. The van der Waals surface area contributed by atoms with Crippen molar-refractivity contribution in [3.05, 3.63) is 36.8 Å².